The molecule has 1 aliphatic rings. The second-order valence-electron chi connectivity index (χ2n) is 6.86. The highest BCUT2D eigenvalue weighted by Crippen LogP contribution is 2.23. The molecule has 2 heterocycles. The van der Waals surface area contributed by atoms with Crippen molar-refractivity contribution in [3.05, 3.63) is 41.4 Å². The van der Waals surface area contributed by atoms with E-state index in [0.29, 0.717) is 12.3 Å². The first kappa shape index (κ1) is 19.4. The number of aromatic nitrogens is 1. The van der Waals surface area contributed by atoms with Crippen LogP contribution in [0, 0.1) is 5.92 Å². The normalized spacial score (nSPS) is 17.7. The lowest BCUT2D eigenvalue weighted by Crippen LogP contribution is -2.47. The van der Waals surface area contributed by atoms with Crippen LogP contribution in [0.1, 0.15) is 25.0 Å². The van der Waals surface area contributed by atoms with Gasteiger partial charge in [0.1, 0.15) is 5.01 Å². The van der Waals surface area contributed by atoms with Crippen molar-refractivity contribution in [2.24, 2.45) is 16.6 Å². The Morgan fingerprint density at radius 3 is 2.96 bits per heavy atom. The van der Waals surface area contributed by atoms with Gasteiger partial charge >= 0.3 is 0 Å². The van der Waals surface area contributed by atoms with Gasteiger partial charge in [0.15, 0.2) is 5.96 Å². The Labute approximate surface area is 164 Å². The molecule has 1 atom stereocenters. The van der Waals surface area contributed by atoms with Crippen LogP contribution in [0.15, 0.2) is 40.7 Å². The summed E-state index contributed by atoms with van der Waals surface area (Å²) in [6.45, 7) is 2.57. The van der Waals surface area contributed by atoms with Gasteiger partial charge in [0.05, 0.1) is 5.69 Å². The van der Waals surface area contributed by atoms with E-state index in [0.717, 1.165) is 61.1 Å². The van der Waals surface area contributed by atoms with Gasteiger partial charge in [0.2, 0.25) is 5.91 Å². The van der Waals surface area contributed by atoms with Gasteiger partial charge in [-0.2, -0.15) is 0 Å². The van der Waals surface area contributed by atoms with Crippen LogP contribution in [0.5, 0.6) is 0 Å². The molecule has 3 rings (SSSR count). The number of nitrogens with zero attached hydrogens (tertiary/aromatic N) is 3. The fourth-order valence-corrected chi connectivity index (χ4v) is 4.34. The van der Waals surface area contributed by atoms with E-state index in [9.17, 15) is 4.79 Å². The van der Waals surface area contributed by atoms with Crippen molar-refractivity contribution in [2.45, 2.75) is 25.7 Å². The number of aliphatic imine (C=N–C) groups is 1. The number of rotatable bonds is 6. The molecule has 1 unspecified atom stereocenters. The molecule has 0 saturated carbocycles. The number of nitrogens with one attached hydrogen (secondary N) is 1. The number of piperidine rings is 1. The largest absolute Gasteiger partial charge is 0.370 e. The molecule has 7 heteroatoms. The maximum absolute atomic E-state index is 11.2. The van der Waals surface area contributed by atoms with E-state index >= 15 is 0 Å². The van der Waals surface area contributed by atoms with E-state index in [1.807, 2.05) is 18.2 Å². The molecule has 0 spiro atoms. The van der Waals surface area contributed by atoms with Crippen molar-refractivity contribution < 1.29 is 4.79 Å². The summed E-state index contributed by atoms with van der Waals surface area (Å²) in [5, 5.41) is 6.61. The molecule has 1 fully saturated rings. The number of primary amides is 1. The van der Waals surface area contributed by atoms with Crippen LogP contribution < -0.4 is 11.1 Å². The Hall–Kier alpha value is -2.41. The van der Waals surface area contributed by atoms with E-state index in [1.54, 1.807) is 18.4 Å². The van der Waals surface area contributed by atoms with E-state index in [4.69, 9.17) is 10.7 Å². The first-order valence-corrected chi connectivity index (χ1v) is 10.3. The van der Waals surface area contributed by atoms with Crippen molar-refractivity contribution in [1.82, 2.24) is 15.2 Å². The summed E-state index contributed by atoms with van der Waals surface area (Å²) in [4.78, 5) is 22.6. The number of benzene rings is 1. The third-order valence-corrected chi connectivity index (χ3v) is 5.70. The lowest BCUT2D eigenvalue weighted by Gasteiger charge is -2.34. The monoisotopic (exact) mass is 385 g/mol. The fourth-order valence-electron chi connectivity index (χ4n) is 3.48. The van der Waals surface area contributed by atoms with Crippen LogP contribution in [-0.4, -0.2) is 48.4 Å². The van der Waals surface area contributed by atoms with Crippen LogP contribution in [0.2, 0.25) is 0 Å². The van der Waals surface area contributed by atoms with Gasteiger partial charge < -0.3 is 16.0 Å². The number of nitrogens with two attached hydrogens (primary N) is 1. The lowest BCUT2D eigenvalue weighted by molar-refractivity contribution is -0.119. The minimum atomic E-state index is -0.220. The minimum absolute atomic E-state index is 0.220. The Balaban J connectivity index is 1.50. The summed E-state index contributed by atoms with van der Waals surface area (Å²) < 4.78 is 0. The van der Waals surface area contributed by atoms with Crippen molar-refractivity contribution in [3.8, 4) is 10.6 Å². The van der Waals surface area contributed by atoms with Gasteiger partial charge in [-0.25, -0.2) is 4.98 Å². The van der Waals surface area contributed by atoms with Crippen LogP contribution >= 0.6 is 11.3 Å². The molecule has 0 radical (unpaired) electrons. The summed E-state index contributed by atoms with van der Waals surface area (Å²) >= 11 is 1.68. The Kier molecular flexibility index (Phi) is 6.81. The van der Waals surface area contributed by atoms with Crippen LogP contribution in [0.25, 0.3) is 10.6 Å². The SMILES string of the molecule is CN=C(NCCc1csc(-c2ccccc2)n1)N1CCCC(CC(N)=O)C1. The first-order chi connectivity index (χ1) is 13.2. The summed E-state index contributed by atoms with van der Waals surface area (Å²) in [6, 6.07) is 10.3. The highest BCUT2D eigenvalue weighted by molar-refractivity contribution is 7.13. The van der Waals surface area contributed by atoms with E-state index in [-0.39, 0.29) is 5.91 Å². The van der Waals surface area contributed by atoms with Gasteiger partial charge in [0, 0.05) is 50.5 Å². The molecule has 144 valence electrons. The fraction of sp³-hybridized carbons (Fsp3) is 0.450. The topological polar surface area (TPSA) is 83.6 Å². The number of guanidine groups is 1. The number of thiazole rings is 1. The van der Waals surface area contributed by atoms with Gasteiger partial charge in [-0.15, -0.1) is 11.3 Å². The van der Waals surface area contributed by atoms with E-state index in [2.05, 4.69) is 32.7 Å². The second-order valence-corrected chi connectivity index (χ2v) is 7.72. The van der Waals surface area contributed by atoms with Crippen molar-refractivity contribution in [2.75, 3.05) is 26.7 Å². The van der Waals surface area contributed by atoms with E-state index < -0.39 is 0 Å². The molecular weight excluding hydrogens is 358 g/mol. The van der Waals surface area contributed by atoms with Gasteiger partial charge in [0.25, 0.3) is 0 Å². The molecule has 0 bridgehead atoms. The van der Waals surface area contributed by atoms with Crippen LogP contribution in [0.3, 0.4) is 0 Å². The second kappa shape index (κ2) is 9.50. The number of hydrogen-bond acceptors (Lipinski definition) is 4. The summed E-state index contributed by atoms with van der Waals surface area (Å²) in [7, 11) is 1.80. The molecule has 27 heavy (non-hydrogen) atoms. The quantitative estimate of drug-likeness (QED) is 0.591. The van der Waals surface area contributed by atoms with Crippen molar-refractivity contribution in [3.63, 3.8) is 0 Å². The predicted molar refractivity (Wildman–Crippen MR) is 111 cm³/mol. The maximum atomic E-state index is 11.2. The van der Waals surface area contributed by atoms with Crippen molar-refractivity contribution in [1.29, 1.82) is 0 Å². The third kappa shape index (κ3) is 5.53. The number of hydrogen-bond donors (Lipinski definition) is 2. The van der Waals surface area contributed by atoms with Gasteiger partial charge in [-0.3, -0.25) is 9.79 Å². The molecule has 6 nitrogen and oxygen atoms in total. The van der Waals surface area contributed by atoms with Crippen LogP contribution in [0.4, 0.5) is 0 Å². The minimum Gasteiger partial charge on any atom is -0.370 e. The number of carbonyl (C=O) groups excluding carboxylic acids is 1. The van der Waals surface area contributed by atoms with E-state index in [1.165, 1.54) is 0 Å². The zero-order valence-corrected chi connectivity index (χ0v) is 16.5. The standard InChI is InChI=1S/C20H27N5OS/c1-22-20(25-11-5-6-15(13-25)12-18(21)26)23-10-9-17-14-27-19(24-17)16-7-3-2-4-8-16/h2-4,7-8,14-15H,5-6,9-13H2,1H3,(H2,21,26)(H,22,23). The molecule has 1 aromatic carbocycles. The smallest absolute Gasteiger partial charge is 0.217 e. The molecule has 1 aromatic heterocycles. The Morgan fingerprint density at radius 1 is 1.41 bits per heavy atom. The highest BCUT2D eigenvalue weighted by Gasteiger charge is 2.23. The molecule has 3 N–H and O–H groups in total. The highest BCUT2D eigenvalue weighted by atomic mass is 32.1. The zero-order chi connectivity index (χ0) is 19.1. The average molecular weight is 386 g/mol. The Bertz CT molecular complexity index is 774. The molecule has 2 aromatic rings. The molecule has 0 aliphatic carbocycles. The summed E-state index contributed by atoms with van der Waals surface area (Å²) in [5.41, 5.74) is 7.61. The maximum Gasteiger partial charge on any atom is 0.217 e. The van der Waals surface area contributed by atoms with Crippen molar-refractivity contribution >= 4 is 23.2 Å². The summed E-state index contributed by atoms with van der Waals surface area (Å²) in [5.74, 6) is 0.993. The zero-order valence-electron chi connectivity index (χ0n) is 15.7. The number of amides is 1. The van der Waals surface area contributed by atoms with Gasteiger partial charge in [-0.05, 0) is 18.8 Å². The molecule has 1 amide bonds. The lowest BCUT2D eigenvalue weighted by atomic mass is 9.95. The molecule has 1 aliphatic heterocycles. The molecular formula is C20H27N5OS. The number of likely N-dealkylation sites (tertiary alicyclic amines) is 1. The predicted octanol–water partition coefficient (Wildman–Crippen LogP) is 2.52. The molecule has 1 saturated heterocycles. The van der Waals surface area contributed by atoms with Gasteiger partial charge in [-0.1, -0.05) is 30.3 Å². The van der Waals surface area contributed by atoms with Crippen LogP contribution in [-0.2, 0) is 11.2 Å². The summed E-state index contributed by atoms with van der Waals surface area (Å²) in [6.07, 6.45) is 3.41. The third-order valence-electron chi connectivity index (χ3n) is 4.76. The Morgan fingerprint density at radius 2 is 2.22 bits per heavy atom. The first-order valence-electron chi connectivity index (χ1n) is 9.39. The average Bonchev–Trinajstić information content (AvgIpc) is 3.15. The number of carbonyl (C=O) groups is 1.